The molecule has 2 aromatic carbocycles. The summed E-state index contributed by atoms with van der Waals surface area (Å²) in [5.74, 6) is 2.87. The van der Waals surface area contributed by atoms with Crippen molar-refractivity contribution in [2.24, 2.45) is 35.0 Å². The number of hydrogen-bond donors (Lipinski definition) is 2. The van der Waals surface area contributed by atoms with E-state index in [4.69, 9.17) is 4.74 Å². The van der Waals surface area contributed by atoms with E-state index in [1.165, 1.54) is 30.4 Å². The van der Waals surface area contributed by atoms with Gasteiger partial charge in [-0.2, -0.15) is 0 Å². The molecular weight excluding hydrogens is 608 g/mol. The molecule has 260 valence electrons. The number of amides is 1. The van der Waals surface area contributed by atoms with Crippen molar-refractivity contribution in [1.82, 2.24) is 10.2 Å². The van der Waals surface area contributed by atoms with Crippen molar-refractivity contribution in [3.8, 4) is 0 Å². The molecular formula is C43H54N2O4. The normalized spacial score (nSPS) is 38.3. The first-order valence-electron chi connectivity index (χ1n) is 19.1. The highest BCUT2D eigenvalue weighted by atomic mass is 16.5. The maximum atomic E-state index is 13.2. The minimum absolute atomic E-state index is 0.0388. The number of allylic oxidation sites excluding steroid dienone is 2. The molecule has 4 aliphatic carbocycles. The van der Waals surface area contributed by atoms with E-state index in [-0.39, 0.29) is 34.9 Å². The van der Waals surface area contributed by atoms with E-state index in [1.54, 1.807) is 29.8 Å². The summed E-state index contributed by atoms with van der Waals surface area (Å²) in [6.45, 7) is 12.1. The van der Waals surface area contributed by atoms with Gasteiger partial charge in [0.25, 0.3) is 5.91 Å². The number of nitrogens with zero attached hydrogens (tertiary/aromatic N) is 1. The van der Waals surface area contributed by atoms with Gasteiger partial charge in [0.05, 0.1) is 17.8 Å². The third-order valence-electron chi connectivity index (χ3n) is 14.2. The Morgan fingerprint density at radius 3 is 2.49 bits per heavy atom. The molecule has 49 heavy (non-hydrogen) atoms. The molecule has 2 saturated heterocycles. The number of carbonyl (C=O) groups excluding carboxylic acids is 2. The van der Waals surface area contributed by atoms with Crippen molar-refractivity contribution < 1.29 is 19.4 Å². The molecule has 2 aliphatic heterocycles. The van der Waals surface area contributed by atoms with E-state index in [0.717, 1.165) is 51.1 Å². The number of likely N-dealkylation sites (tertiary alicyclic amines) is 1. The second kappa shape index (κ2) is 12.6. The van der Waals surface area contributed by atoms with Gasteiger partial charge in [0.1, 0.15) is 0 Å². The lowest BCUT2D eigenvalue weighted by Crippen LogP contribution is -2.54. The molecule has 0 unspecified atom stereocenters. The zero-order chi connectivity index (χ0) is 34.1. The van der Waals surface area contributed by atoms with Gasteiger partial charge >= 0.3 is 0 Å². The molecule has 8 rings (SSSR count). The molecule has 6 heteroatoms. The van der Waals surface area contributed by atoms with Crippen LogP contribution in [-0.4, -0.2) is 65.2 Å². The molecule has 6 nitrogen and oxygen atoms in total. The van der Waals surface area contributed by atoms with Crippen LogP contribution in [0.2, 0.25) is 0 Å². The SMILES string of the molecule is CC1=C2C[C@H]3[C@@H](CC=C4C[C@@H](O)CC[C@@]43C)[C@@H]2CC[C@]12O[C@@H]1C[C@H](C)CN(CCNC(=O)c3ccc(C(=O)c4ccccc4)cc3)[C@H]1[C@H]2C. The van der Waals surface area contributed by atoms with Gasteiger partial charge in [-0.15, -0.1) is 0 Å². The summed E-state index contributed by atoms with van der Waals surface area (Å²) in [6.07, 6.45) is 11.3. The number of ether oxygens (including phenoxy) is 1. The first-order chi connectivity index (χ1) is 23.6. The summed E-state index contributed by atoms with van der Waals surface area (Å²) in [5.41, 5.74) is 6.61. The summed E-state index contributed by atoms with van der Waals surface area (Å²) in [4.78, 5) is 28.6. The molecule has 4 fully saturated rings. The van der Waals surface area contributed by atoms with Crippen molar-refractivity contribution in [2.45, 2.75) is 103 Å². The number of benzene rings is 2. The first-order valence-corrected chi connectivity index (χ1v) is 19.1. The van der Waals surface area contributed by atoms with Gasteiger partial charge in [-0.1, -0.05) is 80.5 Å². The van der Waals surface area contributed by atoms with Gasteiger partial charge in [-0.05, 0) is 105 Å². The van der Waals surface area contributed by atoms with Gasteiger partial charge in [-0.25, -0.2) is 0 Å². The zero-order valence-electron chi connectivity index (χ0n) is 29.8. The van der Waals surface area contributed by atoms with Crippen LogP contribution in [-0.2, 0) is 4.74 Å². The summed E-state index contributed by atoms with van der Waals surface area (Å²) < 4.78 is 7.33. The highest BCUT2D eigenvalue weighted by Crippen LogP contribution is 2.65. The number of aliphatic hydroxyl groups excluding tert-OH is 1. The largest absolute Gasteiger partial charge is 0.393 e. The first kappa shape index (κ1) is 33.1. The molecule has 2 N–H and O–H groups in total. The highest BCUT2D eigenvalue weighted by molar-refractivity contribution is 6.09. The molecule has 1 amide bonds. The van der Waals surface area contributed by atoms with Crippen molar-refractivity contribution >= 4 is 11.7 Å². The lowest BCUT2D eigenvalue weighted by Gasteiger charge is -2.49. The molecule has 0 radical (unpaired) electrons. The third-order valence-corrected chi connectivity index (χ3v) is 14.2. The Kier molecular flexibility index (Phi) is 8.52. The molecule has 0 aromatic heterocycles. The van der Waals surface area contributed by atoms with Gasteiger partial charge in [0.15, 0.2) is 5.78 Å². The van der Waals surface area contributed by atoms with Crippen molar-refractivity contribution in [1.29, 1.82) is 0 Å². The van der Waals surface area contributed by atoms with Gasteiger partial charge in [-0.3, -0.25) is 14.5 Å². The lowest BCUT2D eigenvalue weighted by molar-refractivity contribution is -0.0646. The van der Waals surface area contributed by atoms with Gasteiger partial charge < -0.3 is 15.2 Å². The topological polar surface area (TPSA) is 78.9 Å². The quantitative estimate of drug-likeness (QED) is 0.250. The second-order valence-electron chi connectivity index (χ2n) is 16.7. The molecule has 2 heterocycles. The minimum atomic E-state index is -0.195. The number of hydrogen-bond acceptors (Lipinski definition) is 5. The monoisotopic (exact) mass is 662 g/mol. The van der Waals surface area contributed by atoms with Gasteiger partial charge in [0.2, 0.25) is 0 Å². The number of rotatable bonds is 6. The molecule has 0 bridgehead atoms. The number of ketones is 1. The average molecular weight is 663 g/mol. The van der Waals surface area contributed by atoms with Crippen LogP contribution in [0.15, 0.2) is 77.4 Å². The van der Waals surface area contributed by atoms with Crippen LogP contribution >= 0.6 is 0 Å². The summed E-state index contributed by atoms with van der Waals surface area (Å²) in [5, 5.41) is 13.6. The highest BCUT2D eigenvalue weighted by Gasteiger charge is 2.61. The molecule has 10 atom stereocenters. The van der Waals surface area contributed by atoms with E-state index in [0.29, 0.717) is 52.9 Å². The number of carbonyl (C=O) groups is 2. The number of piperidine rings is 1. The fourth-order valence-corrected chi connectivity index (χ4v) is 11.7. The Morgan fingerprint density at radius 2 is 1.71 bits per heavy atom. The Bertz CT molecular complexity index is 1660. The van der Waals surface area contributed by atoms with Crippen LogP contribution < -0.4 is 5.32 Å². The smallest absolute Gasteiger partial charge is 0.251 e. The maximum Gasteiger partial charge on any atom is 0.251 e. The van der Waals surface area contributed by atoms with E-state index in [1.807, 2.05) is 30.3 Å². The Hall–Kier alpha value is -3.06. The van der Waals surface area contributed by atoms with E-state index in [9.17, 15) is 14.7 Å². The van der Waals surface area contributed by atoms with Crippen LogP contribution in [0.1, 0.15) is 105 Å². The van der Waals surface area contributed by atoms with Crippen LogP contribution in [0.25, 0.3) is 0 Å². The van der Waals surface area contributed by atoms with Gasteiger partial charge in [0, 0.05) is 48.3 Å². The predicted molar refractivity (Wildman–Crippen MR) is 192 cm³/mol. The molecule has 6 aliphatic rings. The number of aliphatic hydroxyl groups is 1. The molecule has 1 spiro atoms. The van der Waals surface area contributed by atoms with Crippen molar-refractivity contribution in [3.05, 3.63) is 94.1 Å². The van der Waals surface area contributed by atoms with Crippen LogP contribution in [0.4, 0.5) is 0 Å². The standard InChI is InChI=1S/C43H54N2O4/c1-26-22-38-39(45(25-26)21-20-44-41(48)31-12-10-30(11-13-31)40(47)29-8-6-5-7-9-29)28(3)43(49-38)19-17-34-35-15-14-32-23-33(46)16-18-42(32,4)37(35)24-36(34)27(43)2/h5-14,26,28,33-35,37-39,46H,15-25H2,1-4H3,(H,44,48)/t26-,28+,33-,34-,35-,37-,38+,39-,42-,43-/m0/s1. The minimum Gasteiger partial charge on any atom is -0.393 e. The lowest BCUT2D eigenvalue weighted by atomic mass is 9.56. The predicted octanol–water partition coefficient (Wildman–Crippen LogP) is 7.38. The van der Waals surface area contributed by atoms with Crippen LogP contribution in [0.5, 0.6) is 0 Å². The third kappa shape index (κ3) is 5.48. The second-order valence-corrected chi connectivity index (χ2v) is 16.7. The van der Waals surface area contributed by atoms with E-state index >= 15 is 0 Å². The van der Waals surface area contributed by atoms with Crippen LogP contribution in [0.3, 0.4) is 0 Å². The summed E-state index contributed by atoms with van der Waals surface area (Å²) in [6, 6.07) is 16.6. The molecule has 2 aromatic rings. The van der Waals surface area contributed by atoms with Crippen molar-refractivity contribution in [2.75, 3.05) is 19.6 Å². The fourth-order valence-electron chi connectivity index (χ4n) is 11.7. The number of fused-ring (bicyclic) bond motifs is 6. The van der Waals surface area contributed by atoms with Crippen molar-refractivity contribution in [3.63, 3.8) is 0 Å². The average Bonchev–Trinajstić information content (AvgIpc) is 3.63. The Morgan fingerprint density at radius 1 is 0.980 bits per heavy atom. The number of nitrogens with one attached hydrogen (secondary N) is 1. The van der Waals surface area contributed by atoms with E-state index in [2.05, 4.69) is 44.0 Å². The fraction of sp³-hybridized carbons (Fsp3) is 0.581. The van der Waals surface area contributed by atoms with E-state index < -0.39 is 0 Å². The zero-order valence-corrected chi connectivity index (χ0v) is 29.8. The van der Waals surface area contributed by atoms with Crippen LogP contribution in [0, 0.1) is 35.0 Å². The summed E-state index contributed by atoms with van der Waals surface area (Å²) >= 11 is 0. The molecule has 2 saturated carbocycles. The Labute approximate surface area is 292 Å². The Balaban J connectivity index is 0.944. The maximum absolute atomic E-state index is 13.2. The summed E-state index contributed by atoms with van der Waals surface area (Å²) in [7, 11) is 0.